The van der Waals surface area contributed by atoms with Crippen LogP contribution in [-0.4, -0.2) is 15.0 Å². The Balaban J connectivity index is 1.78. The zero-order chi connectivity index (χ0) is 17.2. The van der Waals surface area contributed by atoms with Gasteiger partial charge < -0.3 is 10.3 Å². The van der Waals surface area contributed by atoms with Crippen LogP contribution in [0.4, 0.5) is 5.82 Å². The van der Waals surface area contributed by atoms with Gasteiger partial charge >= 0.3 is 0 Å². The molecule has 1 aromatic carbocycles. The first-order valence-corrected chi connectivity index (χ1v) is 8.40. The molecule has 25 heavy (non-hydrogen) atoms. The van der Waals surface area contributed by atoms with Gasteiger partial charge in [0, 0.05) is 30.5 Å². The number of hydrogen-bond acceptors (Lipinski definition) is 3. The van der Waals surface area contributed by atoms with Gasteiger partial charge in [-0.3, -0.25) is 4.98 Å². The van der Waals surface area contributed by atoms with Crippen molar-refractivity contribution >= 4 is 16.9 Å². The molecular formula is C21H20N4. The molecular weight excluding hydrogens is 308 g/mol. The maximum atomic E-state index is 4.71. The van der Waals surface area contributed by atoms with Crippen molar-refractivity contribution in [3.8, 4) is 11.1 Å². The SMILES string of the molecule is Cc1cccc(C)c1-c1cc(NCc2ccncc2)nc2[nH]ccc12. The number of fused-ring (bicyclic) bond motifs is 1. The summed E-state index contributed by atoms with van der Waals surface area (Å²) >= 11 is 0. The smallest absolute Gasteiger partial charge is 0.140 e. The molecule has 3 heterocycles. The second-order valence-electron chi connectivity index (χ2n) is 6.27. The molecule has 0 spiro atoms. The van der Waals surface area contributed by atoms with Gasteiger partial charge in [-0.2, -0.15) is 0 Å². The predicted molar refractivity (Wildman–Crippen MR) is 103 cm³/mol. The Labute approximate surface area is 147 Å². The average Bonchev–Trinajstić information content (AvgIpc) is 3.09. The molecule has 4 aromatic rings. The lowest BCUT2D eigenvalue weighted by Crippen LogP contribution is -2.02. The molecule has 0 saturated carbocycles. The minimum atomic E-state index is 0.716. The van der Waals surface area contributed by atoms with Gasteiger partial charge in [0.25, 0.3) is 0 Å². The van der Waals surface area contributed by atoms with Gasteiger partial charge in [0.15, 0.2) is 0 Å². The molecule has 4 nitrogen and oxygen atoms in total. The third-order valence-corrected chi connectivity index (χ3v) is 4.50. The highest BCUT2D eigenvalue weighted by atomic mass is 15.0. The van der Waals surface area contributed by atoms with E-state index in [0.717, 1.165) is 16.9 Å². The molecule has 2 N–H and O–H groups in total. The summed E-state index contributed by atoms with van der Waals surface area (Å²) in [6, 6.07) is 14.7. The molecule has 0 fully saturated rings. The fourth-order valence-electron chi connectivity index (χ4n) is 3.27. The minimum Gasteiger partial charge on any atom is -0.366 e. The highest BCUT2D eigenvalue weighted by Crippen LogP contribution is 2.34. The van der Waals surface area contributed by atoms with E-state index in [1.165, 1.54) is 27.8 Å². The lowest BCUT2D eigenvalue weighted by molar-refractivity contribution is 1.10. The number of H-pyrrole nitrogens is 1. The second kappa shape index (κ2) is 6.40. The number of anilines is 1. The summed E-state index contributed by atoms with van der Waals surface area (Å²) in [5.74, 6) is 0.865. The molecule has 0 amide bonds. The van der Waals surface area contributed by atoms with Crippen LogP contribution in [-0.2, 0) is 6.54 Å². The van der Waals surface area contributed by atoms with E-state index in [4.69, 9.17) is 4.98 Å². The Morgan fingerprint density at radius 1 is 1.00 bits per heavy atom. The topological polar surface area (TPSA) is 53.6 Å². The highest BCUT2D eigenvalue weighted by Gasteiger charge is 2.12. The van der Waals surface area contributed by atoms with Crippen molar-refractivity contribution in [3.63, 3.8) is 0 Å². The summed E-state index contributed by atoms with van der Waals surface area (Å²) in [6.45, 7) is 5.03. The highest BCUT2D eigenvalue weighted by molar-refractivity contribution is 5.96. The Morgan fingerprint density at radius 3 is 2.52 bits per heavy atom. The van der Waals surface area contributed by atoms with Crippen LogP contribution in [0, 0.1) is 13.8 Å². The van der Waals surface area contributed by atoms with E-state index in [1.807, 2.05) is 18.3 Å². The largest absolute Gasteiger partial charge is 0.366 e. The van der Waals surface area contributed by atoms with E-state index in [-0.39, 0.29) is 0 Å². The number of nitrogens with zero attached hydrogens (tertiary/aromatic N) is 2. The van der Waals surface area contributed by atoms with Gasteiger partial charge in [-0.1, -0.05) is 18.2 Å². The van der Waals surface area contributed by atoms with Crippen molar-refractivity contribution in [2.24, 2.45) is 0 Å². The van der Waals surface area contributed by atoms with E-state index < -0.39 is 0 Å². The number of hydrogen-bond donors (Lipinski definition) is 2. The fourth-order valence-corrected chi connectivity index (χ4v) is 3.27. The third-order valence-electron chi connectivity index (χ3n) is 4.50. The summed E-state index contributed by atoms with van der Waals surface area (Å²) in [5, 5.41) is 4.58. The maximum absolute atomic E-state index is 4.71. The number of nitrogens with one attached hydrogen (secondary N) is 2. The molecule has 0 aliphatic heterocycles. The summed E-state index contributed by atoms with van der Waals surface area (Å²) in [6.07, 6.45) is 5.56. The summed E-state index contributed by atoms with van der Waals surface area (Å²) in [7, 11) is 0. The van der Waals surface area contributed by atoms with E-state index >= 15 is 0 Å². The Morgan fingerprint density at radius 2 is 1.76 bits per heavy atom. The number of pyridine rings is 2. The van der Waals surface area contributed by atoms with Crippen LogP contribution in [0.3, 0.4) is 0 Å². The molecule has 4 heteroatoms. The first-order valence-electron chi connectivity index (χ1n) is 8.40. The number of aromatic amines is 1. The monoisotopic (exact) mass is 328 g/mol. The number of rotatable bonds is 4. The van der Waals surface area contributed by atoms with Gasteiger partial charge in [-0.05, 0) is 65.9 Å². The molecule has 0 aliphatic rings. The Kier molecular flexibility index (Phi) is 3.94. The number of benzene rings is 1. The first kappa shape index (κ1) is 15.4. The van der Waals surface area contributed by atoms with Crippen molar-refractivity contribution in [2.75, 3.05) is 5.32 Å². The lowest BCUT2D eigenvalue weighted by atomic mass is 9.94. The van der Waals surface area contributed by atoms with Crippen LogP contribution < -0.4 is 5.32 Å². The van der Waals surface area contributed by atoms with E-state index in [2.05, 4.69) is 59.5 Å². The number of aromatic nitrogens is 3. The van der Waals surface area contributed by atoms with E-state index in [0.29, 0.717) is 6.54 Å². The maximum Gasteiger partial charge on any atom is 0.140 e. The second-order valence-corrected chi connectivity index (χ2v) is 6.27. The Bertz CT molecular complexity index is 998. The first-order chi connectivity index (χ1) is 12.2. The van der Waals surface area contributed by atoms with Crippen molar-refractivity contribution in [1.29, 1.82) is 0 Å². The molecule has 0 aliphatic carbocycles. The van der Waals surface area contributed by atoms with Crippen LogP contribution in [0.1, 0.15) is 16.7 Å². The fraction of sp³-hybridized carbons (Fsp3) is 0.143. The summed E-state index contributed by atoms with van der Waals surface area (Å²) < 4.78 is 0. The standard InChI is InChI=1S/C21H20N4/c1-14-4-3-5-15(2)20(14)18-12-19(25-21-17(18)8-11-23-21)24-13-16-6-9-22-10-7-16/h3-12H,13H2,1-2H3,(H2,23,24,25). The van der Waals surface area contributed by atoms with Crippen molar-refractivity contribution in [2.45, 2.75) is 20.4 Å². The van der Waals surface area contributed by atoms with Gasteiger partial charge in [0.1, 0.15) is 11.5 Å². The molecule has 3 aromatic heterocycles. The average molecular weight is 328 g/mol. The van der Waals surface area contributed by atoms with Crippen LogP contribution in [0.15, 0.2) is 61.1 Å². The van der Waals surface area contributed by atoms with E-state index in [9.17, 15) is 0 Å². The molecule has 0 unspecified atom stereocenters. The lowest BCUT2D eigenvalue weighted by Gasteiger charge is -2.13. The predicted octanol–water partition coefficient (Wildman–Crippen LogP) is 4.85. The van der Waals surface area contributed by atoms with Crippen molar-refractivity contribution < 1.29 is 0 Å². The zero-order valence-electron chi connectivity index (χ0n) is 14.4. The van der Waals surface area contributed by atoms with Crippen LogP contribution in [0.2, 0.25) is 0 Å². The van der Waals surface area contributed by atoms with Crippen LogP contribution in [0.25, 0.3) is 22.2 Å². The molecule has 0 atom stereocenters. The minimum absolute atomic E-state index is 0.716. The van der Waals surface area contributed by atoms with Crippen molar-refractivity contribution in [3.05, 3.63) is 77.7 Å². The van der Waals surface area contributed by atoms with Gasteiger partial charge in [0.05, 0.1) is 0 Å². The quantitative estimate of drug-likeness (QED) is 0.563. The molecule has 0 bridgehead atoms. The number of aryl methyl sites for hydroxylation is 2. The summed E-state index contributed by atoms with van der Waals surface area (Å²) in [5.41, 5.74) is 7.11. The third kappa shape index (κ3) is 2.98. The zero-order valence-corrected chi connectivity index (χ0v) is 14.4. The van der Waals surface area contributed by atoms with Crippen LogP contribution >= 0.6 is 0 Å². The molecule has 0 radical (unpaired) electrons. The molecule has 4 rings (SSSR count). The van der Waals surface area contributed by atoms with Gasteiger partial charge in [0.2, 0.25) is 0 Å². The molecule has 124 valence electrons. The molecule has 0 saturated heterocycles. The summed E-state index contributed by atoms with van der Waals surface area (Å²) in [4.78, 5) is 12.0. The van der Waals surface area contributed by atoms with Gasteiger partial charge in [-0.15, -0.1) is 0 Å². The Hall–Kier alpha value is -3.14. The normalized spacial score (nSPS) is 11.0. The van der Waals surface area contributed by atoms with Crippen molar-refractivity contribution in [1.82, 2.24) is 15.0 Å². The van der Waals surface area contributed by atoms with Gasteiger partial charge in [-0.25, -0.2) is 4.98 Å². The van der Waals surface area contributed by atoms with Crippen LogP contribution in [0.5, 0.6) is 0 Å². The van der Waals surface area contributed by atoms with E-state index in [1.54, 1.807) is 12.4 Å².